The predicted octanol–water partition coefficient (Wildman–Crippen LogP) is 2.50. The minimum Gasteiger partial charge on any atom is -0.496 e. The van der Waals surface area contributed by atoms with Crippen molar-refractivity contribution in [3.05, 3.63) is 35.3 Å². The van der Waals surface area contributed by atoms with E-state index < -0.39 is 11.8 Å². The molecule has 0 aliphatic heterocycles. The fraction of sp³-hybridized carbons (Fsp3) is 0.167. The quantitative estimate of drug-likeness (QED) is 0.907. The molecule has 0 amide bonds. The van der Waals surface area contributed by atoms with E-state index in [4.69, 9.17) is 14.4 Å². The number of ether oxygens (including phenoxy) is 1. The monoisotopic (exact) mass is 251 g/mol. The standard InChI is InChI=1S/C12H10FNO4/c1-6-8(3-7(13)4-10(6)17-2)11-5-9(12(15)16)14-18-11/h3-5H,1-2H3,(H,15,16). The Balaban J connectivity index is 2.55. The fourth-order valence-electron chi connectivity index (χ4n) is 1.62. The summed E-state index contributed by atoms with van der Waals surface area (Å²) >= 11 is 0. The number of hydrogen-bond donors (Lipinski definition) is 1. The number of rotatable bonds is 3. The maximum atomic E-state index is 13.4. The van der Waals surface area contributed by atoms with Gasteiger partial charge in [0.2, 0.25) is 0 Å². The molecule has 0 aliphatic rings. The van der Waals surface area contributed by atoms with Crippen molar-refractivity contribution in [1.82, 2.24) is 5.16 Å². The molecule has 0 atom stereocenters. The molecule has 5 nitrogen and oxygen atoms in total. The molecule has 0 fully saturated rings. The Hall–Kier alpha value is -2.37. The number of carboxylic acids is 1. The van der Waals surface area contributed by atoms with Crippen LogP contribution in [0.2, 0.25) is 0 Å². The van der Waals surface area contributed by atoms with Gasteiger partial charge in [-0.25, -0.2) is 9.18 Å². The Morgan fingerprint density at radius 3 is 2.72 bits per heavy atom. The van der Waals surface area contributed by atoms with Crippen molar-refractivity contribution in [2.24, 2.45) is 0 Å². The van der Waals surface area contributed by atoms with Crippen LogP contribution in [0.3, 0.4) is 0 Å². The molecule has 0 radical (unpaired) electrons. The van der Waals surface area contributed by atoms with Crippen LogP contribution in [0.25, 0.3) is 11.3 Å². The Morgan fingerprint density at radius 2 is 2.17 bits per heavy atom. The van der Waals surface area contributed by atoms with Crippen molar-refractivity contribution in [3.8, 4) is 17.1 Å². The number of aromatic nitrogens is 1. The van der Waals surface area contributed by atoms with Crippen LogP contribution in [-0.4, -0.2) is 23.3 Å². The summed E-state index contributed by atoms with van der Waals surface area (Å²) in [6.07, 6.45) is 0. The molecule has 1 aromatic heterocycles. The summed E-state index contributed by atoms with van der Waals surface area (Å²) in [5.74, 6) is -1.16. The van der Waals surface area contributed by atoms with E-state index in [2.05, 4.69) is 5.16 Å². The summed E-state index contributed by atoms with van der Waals surface area (Å²) < 4.78 is 23.3. The van der Waals surface area contributed by atoms with Crippen LogP contribution < -0.4 is 4.74 Å². The molecule has 0 bridgehead atoms. The van der Waals surface area contributed by atoms with Crippen LogP contribution in [0.15, 0.2) is 22.7 Å². The Kier molecular flexibility index (Phi) is 3.01. The van der Waals surface area contributed by atoms with Gasteiger partial charge in [-0.15, -0.1) is 0 Å². The fourth-order valence-corrected chi connectivity index (χ4v) is 1.62. The topological polar surface area (TPSA) is 72.6 Å². The SMILES string of the molecule is COc1cc(F)cc(-c2cc(C(=O)O)no2)c1C. The first-order valence-electron chi connectivity index (χ1n) is 5.07. The van der Waals surface area contributed by atoms with Gasteiger partial charge in [-0.05, 0) is 13.0 Å². The van der Waals surface area contributed by atoms with Gasteiger partial charge in [0, 0.05) is 23.3 Å². The van der Waals surface area contributed by atoms with E-state index in [1.54, 1.807) is 6.92 Å². The number of halogens is 1. The van der Waals surface area contributed by atoms with Gasteiger partial charge in [0.1, 0.15) is 11.6 Å². The molecule has 0 aliphatic carbocycles. The van der Waals surface area contributed by atoms with Crippen LogP contribution >= 0.6 is 0 Å². The normalized spacial score (nSPS) is 10.4. The third kappa shape index (κ3) is 2.04. The summed E-state index contributed by atoms with van der Waals surface area (Å²) in [5, 5.41) is 12.1. The smallest absolute Gasteiger partial charge is 0.358 e. The number of aromatic carboxylic acids is 1. The average Bonchev–Trinajstić information content (AvgIpc) is 2.81. The van der Waals surface area contributed by atoms with Gasteiger partial charge in [-0.3, -0.25) is 0 Å². The lowest BCUT2D eigenvalue weighted by Crippen LogP contribution is -1.94. The maximum Gasteiger partial charge on any atom is 0.358 e. The number of benzene rings is 1. The Morgan fingerprint density at radius 1 is 1.44 bits per heavy atom. The molecule has 0 spiro atoms. The third-order valence-corrected chi connectivity index (χ3v) is 2.54. The summed E-state index contributed by atoms with van der Waals surface area (Å²) in [5.41, 5.74) is 0.825. The average molecular weight is 251 g/mol. The van der Waals surface area contributed by atoms with Crippen LogP contribution in [-0.2, 0) is 0 Å². The number of hydrogen-bond acceptors (Lipinski definition) is 4. The highest BCUT2D eigenvalue weighted by atomic mass is 19.1. The van der Waals surface area contributed by atoms with Crippen molar-refractivity contribution in [2.75, 3.05) is 7.11 Å². The van der Waals surface area contributed by atoms with Crippen LogP contribution in [0.4, 0.5) is 4.39 Å². The van der Waals surface area contributed by atoms with E-state index in [1.165, 1.54) is 25.3 Å². The van der Waals surface area contributed by atoms with Gasteiger partial charge in [0.25, 0.3) is 0 Å². The summed E-state index contributed by atoms with van der Waals surface area (Å²) in [6, 6.07) is 3.72. The van der Waals surface area contributed by atoms with Gasteiger partial charge in [-0.2, -0.15) is 0 Å². The van der Waals surface area contributed by atoms with Crippen LogP contribution in [0.1, 0.15) is 16.1 Å². The van der Waals surface area contributed by atoms with Crippen molar-refractivity contribution < 1.29 is 23.6 Å². The minimum absolute atomic E-state index is 0.183. The van der Waals surface area contributed by atoms with Gasteiger partial charge >= 0.3 is 5.97 Å². The second-order valence-electron chi connectivity index (χ2n) is 3.66. The largest absolute Gasteiger partial charge is 0.496 e. The van der Waals surface area contributed by atoms with E-state index >= 15 is 0 Å². The molecule has 0 unspecified atom stereocenters. The first-order chi connectivity index (χ1) is 8.52. The van der Waals surface area contributed by atoms with Crippen molar-refractivity contribution in [2.45, 2.75) is 6.92 Å². The molecule has 18 heavy (non-hydrogen) atoms. The lowest BCUT2D eigenvalue weighted by atomic mass is 10.0. The van der Waals surface area contributed by atoms with E-state index in [9.17, 15) is 9.18 Å². The number of methoxy groups -OCH3 is 1. The molecule has 1 aromatic carbocycles. The van der Waals surface area contributed by atoms with Gasteiger partial charge < -0.3 is 14.4 Å². The summed E-state index contributed by atoms with van der Waals surface area (Å²) in [6.45, 7) is 1.72. The van der Waals surface area contributed by atoms with E-state index in [0.29, 0.717) is 16.9 Å². The Labute approximate surface area is 102 Å². The highest BCUT2D eigenvalue weighted by Gasteiger charge is 2.16. The first kappa shape index (κ1) is 12.1. The lowest BCUT2D eigenvalue weighted by molar-refractivity contribution is 0.0686. The maximum absolute atomic E-state index is 13.4. The van der Waals surface area contributed by atoms with Crippen LogP contribution in [0, 0.1) is 12.7 Å². The molecular formula is C12H10FNO4. The van der Waals surface area contributed by atoms with Gasteiger partial charge in [0.05, 0.1) is 7.11 Å². The summed E-state index contributed by atoms with van der Waals surface area (Å²) in [4.78, 5) is 10.7. The zero-order chi connectivity index (χ0) is 13.3. The summed E-state index contributed by atoms with van der Waals surface area (Å²) in [7, 11) is 1.43. The molecular weight excluding hydrogens is 241 g/mol. The van der Waals surface area contributed by atoms with Crippen molar-refractivity contribution >= 4 is 5.97 Å². The van der Waals surface area contributed by atoms with Crippen LogP contribution in [0.5, 0.6) is 5.75 Å². The highest BCUT2D eigenvalue weighted by Crippen LogP contribution is 2.31. The van der Waals surface area contributed by atoms with Gasteiger partial charge in [0.15, 0.2) is 11.5 Å². The second-order valence-corrected chi connectivity index (χ2v) is 3.66. The molecule has 0 saturated heterocycles. The van der Waals surface area contributed by atoms with Crippen molar-refractivity contribution in [3.63, 3.8) is 0 Å². The molecule has 1 N–H and O–H groups in total. The second kappa shape index (κ2) is 4.48. The Bertz CT molecular complexity index is 606. The zero-order valence-corrected chi connectivity index (χ0v) is 9.73. The van der Waals surface area contributed by atoms with E-state index in [-0.39, 0.29) is 11.5 Å². The first-order valence-corrected chi connectivity index (χ1v) is 5.07. The number of carboxylic acid groups (broad SMARTS) is 1. The van der Waals surface area contributed by atoms with Gasteiger partial charge in [-0.1, -0.05) is 5.16 Å². The molecule has 6 heteroatoms. The zero-order valence-electron chi connectivity index (χ0n) is 9.73. The predicted molar refractivity (Wildman–Crippen MR) is 60.1 cm³/mol. The molecule has 94 valence electrons. The number of carbonyl (C=O) groups is 1. The molecule has 2 rings (SSSR count). The minimum atomic E-state index is -1.20. The molecule has 1 heterocycles. The van der Waals surface area contributed by atoms with E-state index in [0.717, 1.165) is 0 Å². The highest BCUT2D eigenvalue weighted by molar-refractivity contribution is 5.86. The van der Waals surface area contributed by atoms with E-state index in [1.807, 2.05) is 0 Å². The van der Waals surface area contributed by atoms with Crippen molar-refractivity contribution in [1.29, 1.82) is 0 Å². The lowest BCUT2D eigenvalue weighted by Gasteiger charge is -2.08. The number of nitrogens with zero attached hydrogens (tertiary/aromatic N) is 1. The third-order valence-electron chi connectivity index (χ3n) is 2.54. The molecule has 2 aromatic rings. The molecule has 0 saturated carbocycles.